The maximum Gasteiger partial charge on any atom is 0.124 e. The number of rotatable bonds is 4. The highest BCUT2D eigenvalue weighted by Crippen LogP contribution is 2.31. The number of nitrogens with zero attached hydrogens (tertiary/aromatic N) is 1. The Labute approximate surface area is 123 Å². The van der Waals surface area contributed by atoms with Gasteiger partial charge in [0, 0.05) is 29.2 Å². The van der Waals surface area contributed by atoms with Crippen LogP contribution in [0.4, 0.5) is 0 Å². The van der Waals surface area contributed by atoms with E-state index in [1.807, 2.05) is 6.20 Å². The fourth-order valence-corrected chi connectivity index (χ4v) is 3.13. The Kier molecular flexibility index (Phi) is 3.81. The van der Waals surface area contributed by atoms with Crippen molar-refractivity contribution in [2.45, 2.75) is 26.4 Å². The van der Waals surface area contributed by atoms with Crippen molar-refractivity contribution in [1.82, 2.24) is 10.3 Å². The SMILES string of the molecule is CC(C)NCc1cnc(-c2cccc3ccccc23)s1. The quantitative estimate of drug-likeness (QED) is 0.764. The molecule has 1 N–H and O–H groups in total. The molecular formula is C17H18N2S. The first-order chi connectivity index (χ1) is 9.74. The molecule has 2 nitrogen and oxygen atoms in total. The first-order valence-electron chi connectivity index (χ1n) is 6.90. The highest BCUT2D eigenvalue weighted by Gasteiger charge is 2.08. The molecule has 20 heavy (non-hydrogen) atoms. The summed E-state index contributed by atoms with van der Waals surface area (Å²) in [5, 5.41) is 7.07. The number of aromatic nitrogens is 1. The molecule has 2 aromatic carbocycles. The third kappa shape index (κ3) is 2.74. The van der Waals surface area contributed by atoms with E-state index in [-0.39, 0.29) is 0 Å². The van der Waals surface area contributed by atoms with Crippen molar-refractivity contribution in [3.63, 3.8) is 0 Å². The van der Waals surface area contributed by atoms with Crippen LogP contribution in [-0.2, 0) is 6.54 Å². The third-order valence-corrected chi connectivity index (χ3v) is 4.29. The van der Waals surface area contributed by atoms with Gasteiger partial charge < -0.3 is 5.32 Å². The average molecular weight is 282 g/mol. The maximum atomic E-state index is 4.59. The van der Waals surface area contributed by atoms with E-state index in [0.29, 0.717) is 6.04 Å². The van der Waals surface area contributed by atoms with Crippen LogP contribution in [0.15, 0.2) is 48.7 Å². The van der Waals surface area contributed by atoms with E-state index >= 15 is 0 Å². The molecule has 0 aliphatic heterocycles. The average Bonchev–Trinajstić information content (AvgIpc) is 2.93. The lowest BCUT2D eigenvalue weighted by molar-refractivity contribution is 0.593. The minimum Gasteiger partial charge on any atom is -0.310 e. The lowest BCUT2D eigenvalue weighted by atomic mass is 10.1. The highest BCUT2D eigenvalue weighted by molar-refractivity contribution is 7.15. The van der Waals surface area contributed by atoms with Crippen molar-refractivity contribution in [2.24, 2.45) is 0 Å². The van der Waals surface area contributed by atoms with Crippen molar-refractivity contribution in [3.8, 4) is 10.6 Å². The molecule has 0 spiro atoms. The summed E-state index contributed by atoms with van der Waals surface area (Å²) in [4.78, 5) is 5.87. The predicted octanol–water partition coefficient (Wildman–Crippen LogP) is 4.46. The van der Waals surface area contributed by atoms with Crippen LogP contribution >= 0.6 is 11.3 Å². The van der Waals surface area contributed by atoms with Crippen LogP contribution < -0.4 is 5.32 Å². The number of fused-ring (bicyclic) bond motifs is 1. The molecule has 0 unspecified atom stereocenters. The van der Waals surface area contributed by atoms with E-state index in [1.165, 1.54) is 21.2 Å². The minimum absolute atomic E-state index is 0.498. The van der Waals surface area contributed by atoms with Gasteiger partial charge in [0.15, 0.2) is 0 Å². The van der Waals surface area contributed by atoms with Gasteiger partial charge in [-0.3, -0.25) is 0 Å². The van der Waals surface area contributed by atoms with Gasteiger partial charge in [-0.2, -0.15) is 0 Å². The Morgan fingerprint density at radius 2 is 1.90 bits per heavy atom. The Balaban J connectivity index is 1.95. The van der Waals surface area contributed by atoms with Crippen molar-refractivity contribution in [1.29, 1.82) is 0 Å². The van der Waals surface area contributed by atoms with E-state index in [4.69, 9.17) is 0 Å². The number of benzene rings is 2. The Morgan fingerprint density at radius 1 is 1.10 bits per heavy atom. The molecule has 0 saturated carbocycles. The Morgan fingerprint density at radius 3 is 2.75 bits per heavy atom. The van der Waals surface area contributed by atoms with Crippen molar-refractivity contribution in [2.75, 3.05) is 0 Å². The molecule has 1 aromatic heterocycles. The molecule has 3 rings (SSSR count). The summed E-state index contributed by atoms with van der Waals surface area (Å²) in [6.45, 7) is 5.21. The van der Waals surface area contributed by atoms with Gasteiger partial charge in [-0.25, -0.2) is 4.98 Å². The number of hydrogen-bond acceptors (Lipinski definition) is 3. The molecule has 102 valence electrons. The second-order valence-corrected chi connectivity index (χ2v) is 6.31. The molecule has 0 atom stereocenters. The Bertz CT molecular complexity index is 710. The molecule has 3 aromatic rings. The lowest BCUT2D eigenvalue weighted by Crippen LogP contribution is -2.21. The molecular weight excluding hydrogens is 264 g/mol. The molecule has 0 fully saturated rings. The number of hydrogen-bond donors (Lipinski definition) is 1. The Hall–Kier alpha value is -1.71. The van der Waals surface area contributed by atoms with Gasteiger partial charge in [0.25, 0.3) is 0 Å². The van der Waals surface area contributed by atoms with Crippen LogP contribution in [0, 0.1) is 0 Å². The van der Waals surface area contributed by atoms with Crippen LogP contribution in [-0.4, -0.2) is 11.0 Å². The van der Waals surface area contributed by atoms with E-state index in [0.717, 1.165) is 11.6 Å². The monoisotopic (exact) mass is 282 g/mol. The summed E-state index contributed by atoms with van der Waals surface area (Å²) in [6.07, 6.45) is 1.98. The van der Waals surface area contributed by atoms with Gasteiger partial charge >= 0.3 is 0 Å². The topological polar surface area (TPSA) is 24.9 Å². The first-order valence-corrected chi connectivity index (χ1v) is 7.72. The maximum absolute atomic E-state index is 4.59. The summed E-state index contributed by atoms with van der Waals surface area (Å²) in [7, 11) is 0. The van der Waals surface area contributed by atoms with Crippen LogP contribution in [0.2, 0.25) is 0 Å². The third-order valence-electron chi connectivity index (χ3n) is 3.26. The summed E-state index contributed by atoms with van der Waals surface area (Å²) in [5.41, 5.74) is 1.23. The van der Waals surface area contributed by atoms with E-state index < -0.39 is 0 Å². The zero-order valence-corrected chi connectivity index (χ0v) is 12.6. The largest absolute Gasteiger partial charge is 0.310 e. The fourth-order valence-electron chi connectivity index (χ4n) is 2.23. The zero-order chi connectivity index (χ0) is 13.9. The molecule has 0 aliphatic carbocycles. The molecule has 0 saturated heterocycles. The van der Waals surface area contributed by atoms with Gasteiger partial charge in [-0.05, 0) is 10.8 Å². The predicted molar refractivity (Wildman–Crippen MR) is 87.0 cm³/mol. The first kappa shape index (κ1) is 13.3. The van der Waals surface area contributed by atoms with Crippen LogP contribution in [0.1, 0.15) is 18.7 Å². The molecule has 3 heteroatoms. The van der Waals surface area contributed by atoms with Crippen LogP contribution in [0.3, 0.4) is 0 Å². The van der Waals surface area contributed by atoms with Crippen molar-refractivity contribution >= 4 is 22.1 Å². The van der Waals surface area contributed by atoms with Gasteiger partial charge in [-0.1, -0.05) is 56.3 Å². The molecule has 1 heterocycles. The fraction of sp³-hybridized carbons (Fsp3) is 0.235. The van der Waals surface area contributed by atoms with E-state index in [9.17, 15) is 0 Å². The minimum atomic E-state index is 0.498. The smallest absolute Gasteiger partial charge is 0.124 e. The van der Waals surface area contributed by atoms with Gasteiger partial charge in [0.2, 0.25) is 0 Å². The van der Waals surface area contributed by atoms with Crippen LogP contribution in [0.25, 0.3) is 21.3 Å². The summed E-state index contributed by atoms with van der Waals surface area (Å²) in [6, 6.07) is 15.4. The molecule has 0 bridgehead atoms. The van der Waals surface area contributed by atoms with Crippen molar-refractivity contribution < 1.29 is 0 Å². The molecule has 0 radical (unpaired) electrons. The van der Waals surface area contributed by atoms with Gasteiger partial charge in [0.1, 0.15) is 5.01 Å². The molecule has 0 aliphatic rings. The second-order valence-electron chi connectivity index (χ2n) is 5.19. The highest BCUT2D eigenvalue weighted by atomic mass is 32.1. The lowest BCUT2D eigenvalue weighted by Gasteiger charge is -2.05. The number of thiazole rings is 1. The summed E-state index contributed by atoms with van der Waals surface area (Å²) >= 11 is 1.77. The zero-order valence-electron chi connectivity index (χ0n) is 11.8. The number of nitrogens with one attached hydrogen (secondary N) is 1. The summed E-state index contributed by atoms with van der Waals surface area (Å²) < 4.78 is 0. The van der Waals surface area contributed by atoms with Gasteiger partial charge in [0.05, 0.1) is 0 Å². The standard InChI is InChI=1S/C17H18N2S/c1-12(2)18-10-14-11-19-17(20-14)16-9-5-7-13-6-3-4-8-15(13)16/h3-9,11-12,18H,10H2,1-2H3. The van der Waals surface area contributed by atoms with Gasteiger partial charge in [-0.15, -0.1) is 11.3 Å². The second kappa shape index (κ2) is 5.73. The normalized spacial score (nSPS) is 11.3. The van der Waals surface area contributed by atoms with E-state index in [1.54, 1.807) is 11.3 Å². The molecule has 0 amide bonds. The van der Waals surface area contributed by atoms with Crippen molar-refractivity contribution in [3.05, 3.63) is 53.5 Å². The summed E-state index contributed by atoms with van der Waals surface area (Å²) in [5.74, 6) is 0. The van der Waals surface area contributed by atoms with E-state index in [2.05, 4.69) is 66.6 Å². The van der Waals surface area contributed by atoms with Crippen LogP contribution in [0.5, 0.6) is 0 Å².